The lowest BCUT2D eigenvalue weighted by Crippen LogP contribution is -2.47. The van der Waals surface area contributed by atoms with Gasteiger partial charge in [0, 0.05) is 37.7 Å². The standard InChI is InChI=1S/C26H31FN2O2/c1-28(24-9-5-8-22(24)18-19-6-3-2-4-7-19)25(30)21-14-16-29(17-15-21)26(31)20-10-12-23(27)13-11-20/h2-4,6-7,10-13,21-22,24H,5,8-9,14-18H2,1H3. The molecular weight excluding hydrogens is 391 g/mol. The number of amides is 2. The first-order valence-corrected chi connectivity index (χ1v) is 11.4. The molecule has 4 nitrogen and oxygen atoms in total. The maximum Gasteiger partial charge on any atom is 0.253 e. The van der Waals surface area contributed by atoms with E-state index in [-0.39, 0.29) is 23.5 Å². The van der Waals surface area contributed by atoms with Crippen LogP contribution in [0.4, 0.5) is 4.39 Å². The number of benzene rings is 2. The molecule has 1 heterocycles. The van der Waals surface area contributed by atoms with Crippen molar-refractivity contribution in [1.82, 2.24) is 9.80 Å². The molecule has 0 bridgehead atoms. The van der Waals surface area contributed by atoms with E-state index < -0.39 is 0 Å². The molecule has 2 unspecified atom stereocenters. The second-order valence-electron chi connectivity index (χ2n) is 8.97. The fourth-order valence-corrected chi connectivity index (χ4v) is 5.24. The zero-order chi connectivity index (χ0) is 21.8. The molecule has 0 aromatic heterocycles. The van der Waals surface area contributed by atoms with E-state index in [1.165, 1.54) is 42.7 Å². The van der Waals surface area contributed by atoms with Gasteiger partial charge in [-0.2, -0.15) is 0 Å². The van der Waals surface area contributed by atoms with Crippen molar-refractivity contribution < 1.29 is 14.0 Å². The van der Waals surface area contributed by atoms with Crippen molar-refractivity contribution in [3.8, 4) is 0 Å². The van der Waals surface area contributed by atoms with Crippen molar-refractivity contribution in [1.29, 1.82) is 0 Å². The number of carbonyl (C=O) groups is 2. The molecule has 2 amide bonds. The van der Waals surface area contributed by atoms with Crippen molar-refractivity contribution in [2.24, 2.45) is 11.8 Å². The molecular formula is C26H31FN2O2. The van der Waals surface area contributed by atoms with Gasteiger partial charge in [0.1, 0.15) is 5.82 Å². The van der Waals surface area contributed by atoms with Crippen LogP contribution in [0.25, 0.3) is 0 Å². The van der Waals surface area contributed by atoms with E-state index in [9.17, 15) is 14.0 Å². The highest BCUT2D eigenvalue weighted by Gasteiger charge is 2.36. The molecule has 0 radical (unpaired) electrons. The Kier molecular flexibility index (Phi) is 6.69. The van der Waals surface area contributed by atoms with E-state index in [1.54, 1.807) is 4.90 Å². The van der Waals surface area contributed by atoms with Crippen LogP contribution in [0.15, 0.2) is 54.6 Å². The zero-order valence-corrected chi connectivity index (χ0v) is 18.2. The summed E-state index contributed by atoms with van der Waals surface area (Å²) in [5, 5.41) is 0. The second kappa shape index (κ2) is 9.63. The van der Waals surface area contributed by atoms with Crippen molar-refractivity contribution in [3.05, 3.63) is 71.5 Å². The van der Waals surface area contributed by atoms with Gasteiger partial charge < -0.3 is 9.80 Å². The summed E-state index contributed by atoms with van der Waals surface area (Å²) in [6.45, 7) is 1.14. The molecule has 2 aromatic carbocycles. The SMILES string of the molecule is CN(C(=O)C1CCN(C(=O)c2ccc(F)cc2)CC1)C1CCCC1Cc1ccccc1. The third-order valence-corrected chi connectivity index (χ3v) is 7.03. The van der Waals surface area contributed by atoms with Crippen LogP contribution in [0.5, 0.6) is 0 Å². The molecule has 1 saturated carbocycles. The van der Waals surface area contributed by atoms with Gasteiger partial charge in [-0.25, -0.2) is 4.39 Å². The summed E-state index contributed by atoms with van der Waals surface area (Å²) in [5.74, 6) is 0.273. The Hall–Kier alpha value is -2.69. The third kappa shape index (κ3) is 4.97. The molecule has 0 N–H and O–H groups in total. The van der Waals surface area contributed by atoms with Crippen molar-refractivity contribution in [2.45, 2.75) is 44.6 Å². The quantitative estimate of drug-likeness (QED) is 0.709. The van der Waals surface area contributed by atoms with Crippen LogP contribution >= 0.6 is 0 Å². The summed E-state index contributed by atoms with van der Waals surface area (Å²) in [6.07, 6.45) is 5.81. The molecule has 5 heteroatoms. The van der Waals surface area contributed by atoms with Gasteiger partial charge in [-0.05, 0) is 67.9 Å². The van der Waals surface area contributed by atoms with Crippen LogP contribution in [0, 0.1) is 17.7 Å². The summed E-state index contributed by atoms with van der Waals surface area (Å²) in [4.78, 5) is 29.7. The number of likely N-dealkylation sites (tertiary alicyclic amines) is 1. The maximum atomic E-state index is 13.2. The number of nitrogens with zero attached hydrogens (tertiary/aromatic N) is 2. The molecule has 164 valence electrons. The van der Waals surface area contributed by atoms with Crippen LogP contribution in [-0.4, -0.2) is 47.8 Å². The zero-order valence-electron chi connectivity index (χ0n) is 18.2. The van der Waals surface area contributed by atoms with Crippen LogP contribution in [0.2, 0.25) is 0 Å². The van der Waals surface area contributed by atoms with Gasteiger partial charge in [0.05, 0.1) is 0 Å². The highest BCUT2D eigenvalue weighted by atomic mass is 19.1. The summed E-state index contributed by atoms with van der Waals surface area (Å²) in [7, 11) is 1.96. The molecule has 1 aliphatic carbocycles. The number of piperidine rings is 1. The van der Waals surface area contributed by atoms with E-state index in [1.807, 2.05) is 18.0 Å². The molecule has 31 heavy (non-hydrogen) atoms. The average molecular weight is 423 g/mol. The van der Waals surface area contributed by atoms with Crippen LogP contribution < -0.4 is 0 Å². The number of carbonyl (C=O) groups excluding carboxylic acids is 2. The van der Waals surface area contributed by atoms with Gasteiger partial charge in [0.25, 0.3) is 5.91 Å². The second-order valence-corrected chi connectivity index (χ2v) is 8.97. The summed E-state index contributed by atoms with van der Waals surface area (Å²) >= 11 is 0. The Balaban J connectivity index is 1.32. The Bertz CT molecular complexity index is 891. The first-order valence-electron chi connectivity index (χ1n) is 11.4. The predicted molar refractivity (Wildman–Crippen MR) is 119 cm³/mol. The third-order valence-electron chi connectivity index (χ3n) is 7.03. The normalized spacial score (nSPS) is 21.8. The lowest BCUT2D eigenvalue weighted by atomic mass is 9.91. The number of rotatable bonds is 5. The molecule has 1 saturated heterocycles. The van der Waals surface area contributed by atoms with Crippen molar-refractivity contribution in [3.63, 3.8) is 0 Å². The lowest BCUT2D eigenvalue weighted by molar-refractivity contribution is -0.138. The van der Waals surface area contributed by atoms with Gasteiger partial charge in [-0.3, -0.25) is 9.59 Å². The molecule has 2 atom stereocenters. The topological polar surface area (TPSA) is 40.6 Å². The van der Waals surface area contributed by atoms with Crippen LogP contribution in [-0.2, 0) is 11.2 Å². The van der Waals surface area contributed by atoms with Crippen LogP contribution in [0.3, 0.4) is 0 Å². The monoisotopic (exact) mass is 422 g/mol. The molecule has 2 aromatic rings. The number of hydrogen-bond acceptors (Lipinski definition) is 2. The summed E-state index contributed by atoms with van der Waals surface area (Å²) < 4.78 is 13.1. The van der Waals surface area contributed by atoms with E-state index in [0.717, 1.165) is 12.8 Å². The van der Waals surface area contributed by atoms with E-state index in [4.69, 9.17) is 0 Å². The number of hydrogen-bond donors (Lipinski definition) is 0. The van der Waals surface area contributed by atoms with E-state index >= 15 is 0 Å². The Labute approximate surface area is 184 Å². The van der Waals surface area contributed by atoms with Crippen LogP contribution in [0.1, 0.15) is 48.0 Å². The predicted octanol–water partition coefficient (Wildman–Crippen LogP) is 4.55. The van der Waals surface area contributed by atoms with Gasteiger partial charge in [-0.1, -0.05) is 36.8 Å². The first-order chi connectivity index (χ1) is 15.0. The van der Waals surface area contributed by atoms with Crippen molar-refractivity contribution >= 4 is 11.8 Å². The van der Waals surface area contributed by atoms with Gasteiger partial charge in [-0.15, -0.1) is 0 Å². The molecule has 0 spiro atoms. The Morgan fingerprint density at radius 1 is 0.968 bits per heavy atom. The van der Waals surface area contributed by atoms with Crippen molar-refractivity contribution in [2.75, 3.05) is 20.1 Å². The highest BCUT2D eigenvalue weighted by Crippen LogP contribution is 2.33. The minimum absolute atomic E-state index is 0.0276. The lowest BCUT2D eigenvalue weighted by Gasteiger charge is -2.36. The Morgan fingerprint density at radius 2 is 1.65 bits per heavy atom. The summed E-state index contributed by atoms with van der Waals surface area (Å²) in [6, 6.07) is 16.5. The average Bonchev–Trinajstić information content (AvgIpc) is 3.27. The molecule has 2 fully saturated rings. The minimum Gasteiger partial charge on any atom is -0.342 e. The summed E-state index contributed by atoms with van der Waals surface area (Å²) in [5.41, 5.74) is 1.84. The molecule has 2 aliphatic rings. The van der Waals surface area contributed by atoms with Gasteiger partial charge in [0.2, 0.25) is 5.91 Å². The fourth-order valence-electron chi connectivity index (χ4n) is 5.24. The van der Waals surface area contributed by atoms with Gasteiger partial charge >= 0.3 is 0 Å². The fraction of sp³-hybridized carbons (Fsp3) is 0.462. The maximum absolute atomic E-state index is 13.2. The molecule has 4 rings (SSSR count). The Morgan fingerprint density at radius 3 is 2.32 bits per heavy atom. The first kappa shape index (κ1) is 21.5. The molecule has 1 aliphatic heterocycles. The number of halogens is 1. The smallest absolute Gasteiger partial charge is 0.253 e. The highest BCUT2D eigenvalue weighted by molar-refractivity contribution is 5.94. The largest absolute Gasteiger partial charge is 0.342 e. The van der Waals surface area contributed by atoms with E-state index in [0.29, 0.717) is 43.5 Å². The van der Waals surface area contributed by atoms with E-state index in [2.05, 4.69) is 24.3 Å². The van der Waals surface area contributed by atoms with Gasteiger partial charge in [0.15, 0.2) is 0 Å². The minimum atomic E-state index is -0.346.